The van der Waals surface area contributed by atoms with E-state index in [1.165, 1.54) is 97.9 Å². The first-order valence-electron chi connectivity index (χ1n) is 18.4. The number of unbranched alkanes of at least 4 members (excludes halogenated alkanes) is 10. The molecule has 4 unspecified atom stereocenters. The van der Waals surface area contributed by atoms with E-state index in [4.69, 9.17) is 9.97 Å². The Morgan fingerprint density at radius 3 is 1.42 bits per heavy atom. The van der Waals surface area contributed by atoms with Gasteiger partial charge in [0.05, 0.1) is 31.4 Å². The van der Waals surface area contributed by atoms with Gasteiger partial charge in [-0.05, 0) is 71.1 Å². The largest absolute Gasteiger partial charge is 0.255 e. The molecule has 0 N–H and O–H groups in total. The van der Waals surface area contributed by atoms with Gasteiger partial charge in [-0.3, -0.25) is 9.97 Å². The van der Waals surface area contributed by atoms with Crippen LogP contribution >= 0.6 is 46.2 Å². The molecule has 0 fully saturated rings. The average molecular weight is 713 g/mol. The highest BCUT2D eigenvalue weighted by Crippen LogP contribution is 2.57. The number of rotatable bonds is 19. The molecule has 254 valence electrons. The van der Waals surface area contributed by atoms with Gasteiger partial charge >= 0.3 is 0 Å². The summed E-state index contributed by atoms with van der Waals surface area (Å²) in [5.74, 6) is 0. The molecule has 0 aliphatic carbocycles. The molecule has 6 heterocycles. The minimum absolute atomic E-state index is 0.0360. The molecule has 6 rings (SSSR count). The summed E-state index contributed by atoms with van der Waals surface area (Å²) in [5, 5.41) is 5.24. The maximum atomic E-state index is 4.94. The van der Waals surface area contributed by atoms with Crippen LogP contribution in [0, 0.1) is 0 Å². The maximum Gasteiger partial charge on any atom is 0.0889 e. The van der Waals surface area contributed by atoms with Gasteiger partial charge in [-0.25, -0.2) is 0 Å². The van der Waals surface area contributed by atoms with E-state index < -0.39 is 0 Å². The van der Waals surface area contributed by atoms with Crippen molar-refractivity contribution < 1.29 is 0 Å². The normalized spacial score (nSPS) is 23.4. The molecule has 4 atom stereocenters. The highest BCUT2D eigenvalue weighted by atomic mass is 32.2. The summed E-state index contributed by atoms with van der Waals surface area (Å²) in [7, 11) is 0. The Balaban J connectivity index is 1.25. The van der Waals surface area contributed by atoms with E-state index in [9.17, 15) is 0 Å². The predicted molar refractivity (Wildman–Crippen MR) is 214 cm³/mol. The van der Waals surface area contributed by atoms with Crippen LogP contribution < -0.4 is 0 Å². The Bertz CT molecular complexity index is 1470. The highest BCUT2D eigenvalue weighted by molar-refractivity contribution is 8.01. The zero-order valence-corrected chi connectivity index (χ0v) is 32.1. The molecular weight excluding hydrogens is 661 g/mol. The molecule has 2 aliphatic rings. The van der Waals surface area contributed by atoms with E-state index in [1.54, 1.807) is 0 Å². The van der Waals surface area contributed by atoms with Gasteiger partial charge in [0.2, 0.25) is 0 Å². The fraction of sp³-hybridized carbons (Fsp3) is 0.476. The van der Waals surface area contributed by atoms with Crippen LogP contribution in [-0.2, 0) is 9.49 Å². The van der Waals surface area contributed by atoms with E-state index in [0.717, 1.165) is 24.2 Å². The molecule has 0 amide bonds. The van der Waals surface area contributed by atoms with Gasteiger partial charge in [0.15, 0.2) is 0 Å². The first kappa shape index (κ1) is 35.7. The molecule has 2 nitrogen and oxygen atoms in total. The number of pyridine rings is 2. The molecular formula is C42H52N2S4. The van der Waals surface area contributed by atoms with Crippen molar-refractivity contribution >= 4 is 46.2 Å². The van der Waals surface area contributed by atoms with Crippen molar-refractivity contribution in [3.63, 3.8) is 0 Å². The van der Waals surface area contributed by atoms with Gasteiger partial charge in [-0.15, -0.1) is 46.2 Å². The zero-order valence-electron chi connectivity index (χ0n) is 28.8. The lowest BCUT2D eigenvalue weighted by molar-refractivity contribution is 0.557. The Hall–Kier alpha value is -2.12. The molecule has 0 aromatic carbocycles. The monoisotopic (exact) mass is 712 g/mol. The predicted octanol–water partition coefficient (Wildman–Crippen LogP) is 14.2. The van der Waals surface area contributed by atoms with Gasteiger partial charge in [0.25, 0.3) is 0 Å². The minimum Gasteiger partial charge on any atom is -0.255 e. The van der Waals surface area contributed by atoms with Crippen LogP contribution in [0.5, 0.6) is 0 Å². The number of hydrogen-bond donors (Lipinski definition) is 0. The third-order valence-corrected chi connectivity index (χ3v) is 15.5. The quantitative estimate of drug-likeness (QED) is 0.0714. The minimum atomic E-state index is -0.0360. The van der Waals surface area contributed by atoms with Crippen LogP contribution in [0.1, 0.15) is 135 Å². The summed E-state index contributed by atoms with van der Waals surface area (Å²) >= 11 is 7.99. The van der Waals surface area contributed by atoms with Crippen LogP contribution in [0.2, 0.25) is 0 Å². The van der Waals surface area contributed by atoms with E-state index >= 15 is 0 Å². The fourth-order valence-electron chi connectivity index (χ4n) is 7.21. The van der Waals surface area contributed by atoms with Crippen molar-refractivity contribution in [3.05, 3.63) is 117 Å². The van der Waals surface area contributed by atoms with Gasteiger partial charge < -0.3 is 0 Å². The maximum absolute atomic E-state index is 4.94. The summed E-state index contributed by atoms with van der Waals surface area (Å²) in [6, 6.07) is 18.2. The van der Waals surface area contributed by atoms with Crippen molar-refractivity contribution in [2.75, 3.05) is 0 Å². The van der Waals surface area contributed by atoms with Crippen molar-refractivity contribution in [2.45, 2.75) is 124 Å². The van der Waals surface area contributed by atoms with Gasteiger partial charge in [0.1, 0.15) is 0 Å². The van der Waals surface area contributed by atoms with Crippen molar-refractivity contribution in [1.82, 2.24) is 9.97 Å². The molecule has 6 heteroatoms. The number of aromatic nitrogens is 2. The Kier molecular flexibility index (Phi) is 13.2. The van der Waals surface area contributed by atoms with Crippen LogP contribution in [0.25, 0.3) is 11.4 Å². The Labute approximate surface area is 306 Å². The number of thioether (sulfide) groups is 2. The van der Waals surface area contributed by atoms with E-state index in [0.29, 0.717) is 10.5 Å². The number of thiophene rings is 2. The van der Waals surface area contributed by atoms with Gasteiger partial charge in [-0.1, -0.05) is 127 Å². The molecule has 48 heavy (non-hydrogen) atoms. The Morgan fingerprint density at radius 2 is 1.00 bits per heavy atom. The lowest BCUT2D eigenvalue weighted by atomic mass is 9.90. The second kappa shape index (κ2) is 17.7. The second-order valence-corrected chi connectivity index (χ2v) is 18.4. The number of nitrogens with zero attached hydrogens (tertiary/aromatic N) is 2. The molecule has 0 saturated heterocycles. The van der Waals surface area contributed by atoms with Gasteiger partial charge in [-0.2, -0.15) is 0 Å². The molecule has 4 aromatic heterocycles. The summed E-state index contributed by atoms with van der Waals surface area (Å²) in [6.45, 7) is 4.59. The average Bonchev–Trinajstić information content (AvgIpc) is 3.96. The standard InChI is InChI=1S/C42H52N2S4/c1-3-5-7-9-11-13-23-41(25-19-39(47-41)37-17-15-29-45-37)33-21-27-43-35(31-33)36-32-34(22-28-44-36)42(24-14-12-10-8-6-4-2)26-20-40(48-42)38-18-16-30-46-38/h15-22,25-32,39-40H,3-14,23-24H2,1-2H3. The first-order chi connectivity index (χ1) is 23.6. The van der Waals surface area contributed by atoms with Crippen molar-refractivity contribution in [3.8, 4) is 11.4 Å². The van der Waals surface area contributed by atoms with Crippen LogP contribution in [-0.4, -0.2) is 9.97 Å². The summed E-state index contributed by atoms with van der Waals surface area (Å²) in [5.41, 5.74) is 4.70. The van der Waals surface area contributed by atoms with Crippen LogP contribution in [0.15, 0.2) is 96.0 Å². The third-order valence-electron chi connectivity index (χ3n) is 9.97. The molecule has 0 bridgehead atoms. The van der Waals surface area contributed by atoms with Crippen molar-refractivity contribution in [1.29, 1.82) is 0 Å². The highest BCUT2D eigenvalue weighted by Gasteiger charge is 2.39. The molecule has 2 aliphatic heterocycles. The Morgan fingerprint density at radius 1 is 0.562 bits per heavy atom. The molecule has 0 radical (unpaired) electrons. The van der Waals surface area contributed by atoms with Crippen LogP contribution in [0.3, 0.4) is 0 Å². The summed E-state index contributed by atoms with van der Waals surface area (Å²) < 4.78 is -0.0721. The van der Waals surface area contributed by atoms with Crippen molar-refractivity contribution in [2.24, 2.45) is 0 Å². The molecule has 0 spiro atoms. The SMILES string of the molecule is CCCCCCCCC1(c2ccnc(-c3cc(C4(CCCCCCCC)C=CC(c5cccs5)S4)ccn3)c2)C=CC(c2cccs2)S1. The first-order valence-corrected chi connectivity index (χ1v) is 21.9. The number of hydrogen-bond acceptors (Lipinski definition) is 6. The lowest BCUT2D eigenvalue weighted by Gasteiger charge is -2.30. The van der Waals surface area contributed by atoms with Gasteiger partial charge in [0, 0.05) is 22.1 Å². The lowest BCUT2D eigenvalue weighted by Crippen LogP contribution is -2.18. The third kappa shape index (κ3) is 8.78. The zero-order chi connectivity index (χ0) is 33.1. The van der Waals surface area contributed by atoms with Crippen LogP contribution in [0.4, 0.5) is 0 Å². The second-order valence-electron chi connectivity index (χ2n) is 13.5. The van der Waals surface area contributed by atoms with E-state index in [-0.39, 0.29) is 9.49 Å². The smallest absolute Gasteiger partial charge is 0.0889 e. The molecule has 4 aromatic rings. The topological polar surface area (TPSA) is 25.8 Å². The van der Waals surface area contributed by atoms with E-state index in [2.05, 4.69) is 121 Å². The summed E-state index contributed by atoms with van der Waals surface area (Å²) in [6.07, 6.45) is 32.1. The summed E-state index contributed by atoms with van der Waals surface area (Å²) in [4.78, 5) is 12.8. The van der Waals surface area contributed by atoms with E-state index in [1.807, 2.05) is 35.1 Å². The fourth-order valence-corrected chi connectivity index (χ4v) is 12.2. The molecule has 0 saturated carbocycles.